The molecule has 2 nitrogen and oxygen atoms in total. The van der Waals surface area contributed by atoms with Crippen LogP contribution in [0.5, 0.6) is 0 Å². The molecule has 0 spiro atoms. The summed E-state index contributed by atoms with van der Waals surface area (Å²) < 4.78 is 12.8. The van der Waals surface area contributed by atoms with Crippen LogP contribution in [0.3, 0.4) is 0 Å². The van der Waals surface area contributed by atoms with Crippen molar-refractivity contribution in [2.75, 3.05) is 0 Å². The van der Waals surface area contributed by atoms with E-state index in [1.54, 1.807) is 12.1 Å². The summed E-state index contributed by atoms with van der Waals surface area (Å²) in [4.78, 5) is 13.9. The minimum Gasteiger partial charge on any atom is -0.295 e. The first kappa shape index (κ1) is 8.59. The molecule has 1 heterocycles. The van der Waals surface area contributed by atoms with Crippen LogP contribution in [-0.2, 0) is 4.79 Å². The molecule has 0 N–H and O–H groups in total. The van der Waals surface area contributed by atoms with Gasteiger partial charge < -0.3 is 0 Å². The Hall–Kier alpha value is -1.51. The lowest BCUT2D eigenvalue weighted by Gasteiger charge is -1.92. The smallest absolute Gasteiger partial charge is 0.220 e. The lowest BCUT2D eigenvalue weighted by atomic mass is 10.2. The van der Waals surface area contributed by atoms with Gasteiger partial charge in [-0.05, 0) is 31.2 Å². The van der Waals surface area contributed by atoms with Crippen molar-refractivity contribution in [3.63, 3.8) is 0 Å². The van der Waals surface area contributed by atoms with Crippen molar-refractivity contribution in [3.8, 4) is 0 Å². The van der Waals surface area contributed by atoms with Crippen molar-refractivity contribution in [1.29, 1.82) is 0 Å². The molecule has 0 radical (unpaired) electrons. The standard InChI is InChI=1S/C9H8FNO/c1-7(12)4-5-8-3-2-6-11-9(8)10/h2-6H,1H3/b5-4+. The molecule has 1 aromatic rings. The second-order valence-electron chi connectivity index (χ2n) is 2.33. The third-order valence-electron chi connectivity index (χ3n) is 1.29. The van der Waals surface area contributed by atoms with Crippen molar-refractivity contribution >= 4 is 11.9 Å². The number of ketones is 1. The molecule has 0 aliphatic carbocycles. The number of rotatable bonds is 2. The molecule has 0 aliphatic heterocycles. The maximum atomic E-state index is 12.8. The van der Waals surface area contributed by atoms with Crippen molar-refractivity contribution in [3.05, 3.63) is 35.9 Å². The average molecular weight is 165 g/mol. The van der Waals surface area contributed by atoms with Gasteiger partial charge in [0.1, 0.15) is 0 Å². The van der Waals surface area contributed by atoms with Crippen molar-refractivity contribution in [2.24, 2.45) is 0 Å². The Morgan fingerprint density at radius 1 is 1.67 bits per heavy atom. The molecular formula is C9H8FNO. The average Bonchev–Trinajstić information content (AvgIpc) is 2.03. The molecule has 0 saturated carbocycles. The molecule has 0 unspecified atom stereocenters. The molecule has 0 saturated heterocycles. The van der Waals surface area contributed by atoms with E-state index in [1.807, 2.05) is 0 Å². The van der Waals surface area contributed by atoms with Crippen molar-refractivity contribution in [2.45, 2.75) is 6.92 Å². The SMILES string of the molecule is CC(=O)/C=C/c1cccnc1F. The van der Waals surface area contributed by atoms with Crippen LogP contribution in [0.15, 0.2) is 24.4 Å². The fourth-order valence-corrected chi connectivity index (χ4v) is 0.730. The monoisotopic (exact) mass is 165 g/mol. The van der Waals surface area contributed by atoms with Gasteiger partial charge in [-0.1, -0.05) is 0 Å². The summed E-state index contributed by atoms with van der Waals surface area (Å²) in [6, 6.07) is 3.17. The van der Waals surface area contributed by atoms with Gasteiger partial charge in [-0.2, -0.15) is 4.39 Å². The summed E-state index contributed by atoms with van der Waals surface area (Å²) in [5.74, 6) is -0.673. The van der Waals surface area contributed by atoms with Crippen LogP contribution in [-0.4, -0.2) is 10.8 Å². The maximum Gasteiger partial charge on any atom is 0.220 e. The van der Waals surface area contributed by atoms with Gasteiger partial charge in [-0.15, -0.1) is 0 Å². The molecule has 1 rings (SSSR count). The Morgan fingerprint density at radius 2 is 2.42 bits per heavy atom. The van der Waals surface area contributed by atoms with Crippen LogP contribution in [0.2, 0.25) is 0 Å². The lowest BCUT2D eigenvalue weighted by molar-refractivity contribution is -0.112. The van der Waals surface area contributed by atoms with Crippen LogP contribution in [0.4, 0.5) is 4.39 Å². The molecule has 0 amide bonds. The van der Waals surface area contributed by atoms with E-state index in [0.29, 0.717) is 5.56 Å². The van der Waals surface area contributed by atoms with Gasteiger partial charge in [0.25, 0.3) is 0 Å². The van der Waals surface area contributed by atoms with Crippen LogP contribution in [0.1, 0.15) is 12.5 Å². The van der Waals surface area contributed by atoms with E-state index in [9.17, 15) is 9.18 Å². The van der Waals surface area contributed by atoms with Crippen molar-refractivity contribution < 1.29 is 9.18 Å². The van der Waals surface area contributed by atoms with E-state index in [4.69, 9.17) is 0 Å². The first-order valence-corrected chi connectivity index (χ1v) is 3.49. The second-order valence-corrected chi connectivity index (χ2v) is 2.33. The topological polar surface area (TPSA) is 30.0 Å². The first-order valence-electron chi connectivity index (χ1n) is 3.49. The number of carbonyl (C=O) groups excluding carboxylic acids is 1. The molecule has 1 aromatic heterocycles. The van der Waals surface area contributed by atoms with Crippen LogP contribution in [0, 0.1) is 5.95 Å². The number of pyridine rings is 1. The highest BCUT2D eigenvalue weighted by Crippen LogP contribution is 2.04. The zero-order valence-electron chi connectivity index (χ0n) is 6.62. The Labute approximate surface area is 69.7 Å². The highest BCUT2D eigenvalue weighted by atomic mass is 19.1. The van der Waals surface area contributed by atoms with E-state index in [-0.39, 0.29) is 5.78 Å². The number of hydrogen-bond donors (Lipinski definition) is 0. The van der Waals surface area contributed by atoms with Crippen LogP contribution in [0.25, 0.3) is 6.08 Å². The van der Waals surface area contributed by atoms with Crippen LogP contribution < -0.4 is 0 Å². The second kappa shape index (κ2) is 3.76. The van der Waals surface area contributed by atoms with Gasteiger partial charge in [0.15, 0.2) is 5.78 Å². The quantitative estimate of drug-likeness (QED) is 0.494. The Morgan fingerprint density at radius 3 is 3.00 bits per heavy atom. The van der Waals surface area contributed by atoms with Gasteiger partial charge in [0.2, 0.25) is 5.95 Å². The summed E-state index contributed by atoms with van der Waals surface area (Å²) in [6.07, 6.45) is 4.07. The summed E-state index contributed by atoms with van der Waals surface area (Å²) in [5.41, 5.74) is 0.327. The molecular weight excluding hydrogens is 157 g/mol. The molecule has 0 aliphatic rings. The zero-order valence-corrected chi connectivity index (χ0v) is 6.62. The maximum absolute atomic E-state index is 12.8. The molecule has 62 valence electrons. The fraction of sp³-hybridized carbons (Fsp3) is 0.111. The molecule has 0 fully saturated rings. The van der Waals surface area contributed by atoms with Crippen molar-refractivity contribution in [1.82, 2.24) is 4.98 Å². The normalized spacial score (nSPS) is 10.5. The minimum atomic E-state index is -0.560. The first-order chi connectivity index (χ1) is 5.70. The van der Waals surface area contributed by atoms with Gasteiger partial charge in [0.05, 0.1) is 0 Å². The Bertz CT molecular complexity index is 320. The fourth-order valence-electron chi connectivity index (χ4n) is 0.730. The van der Waals surface area contributed by atoms with E-state index in [0.717, 1.165) is 0 Å². The van der Waals surface area contributed by atoms with Gasteiger partial charge >= 0.3 is 0 Å². The highest BCUT2D eigenvalue weighted by Gasteiger charge is 1.96. The summed E-state index contributed by atoms with van der Waals surface area (Å²) in [6.45, 7) is 1.41. The number of halogens is 1. The molecule has 3 heteroatoms. The number of nitrogens with zero attached hydrogens (tertiary/aromatic N) is 1. The van der Waals surface area contributed by atoms with E-state index < -0.39 is 5.95 Å². The Balaban J connectivity index is 2.89. The lowest BCUT2D eigenvalue weighted by Crippen LogP contribution is -1.86. The molecule has 12 heavy (non-hydrogen) atoms. The van der Waals surface area contributed by atoms with E-state index in [1.165, 1.54) is 25.3 Å². The number of hydrogen-bond acceptors (Lipinski definition) is 2. The summed E-state index contributed by atoms with van der Waals surface area (Å²) in [5, 5.41) is 0. The van der Waals surface area contributed by atoms with Gasteiger partial charge in [-0.3, -0.25) is 4.79 Å². The predicted molar refractivity (Wildman–Crippen MR) is 43.9 cm³/mol. The molecule has 0 atom stereocenters. The molecule has 0 bridgehead atoms. The number of carbonyl (C=O) groups is 1. The third kappa shape index (κ3) is 2.27. The third-order valence-corrected chi connectivity index (χ3v) is 1.29. The Kier molecular flexibility index (Phi) is 2.69. The van der Waals surface area contributed by atoms with Gasteiger partial charge in [0, 0.05) is 11.8 Å². The molecule has 0 aromatic carbocycles. The minimum absolute atomic E-state index is 0.113. The summed E-state index contributed by atoms with van der Waals surface area (Å²) >= 11 is 0. The number of aromatic nitrogens is 1. The van der Waals surface area contributed by atoms with Gasteiger partial charge in [-0.25, -0.2) is 4.98 Å². The largest absolute Gasteiger partial charge is 0.295 e. The summed E-state index contributed by atoms with van der Waals surface area (Å²) in [7, 11) is 0. The zero-order chi connectivity index (χ0) is 8.97. The number of allylic oxidation sites excluding steroid dienone is 1. The van der Waals surface area contributed by atoms with E-state index >= 15 is 0 Å². The van der Waals surface area contributed by atoms with E-state index in [2.05, 4.69) is 4.98 Å². The predicted octanol–water partition coefficient (Wildman–Crippen LogP) is 1.82. The van der Waals surface area contributed by atoms with Crippen LogP contribution >= 0.6 is 0 Å². The highest BCUT2D eigenvalue weighted by molar-refractivity contribution is 5.91.